The Morgan fingerprint density at radius 1 is 0.733 bits per heavy atom. The first-order valence-electron chi connectivity index (χ1n) is 10.7. The zero-order chi connectivity index (χ0) is 21.7. The van der Waals surface area contributed by atoms with Gasteiger partial charge in [0.1, 0.15) is 0 Å². The molecule has 1 aliphatic carbocycles. The normalized spacial score (nSPS) is 19.0. The lowest BCUT2D eigenvalue weighted by molar-refractivity contribution is 0.295. The molecule has 3 rings (SSSR count). The van der Waals surface area contributed by atoms with Gasteiger partial charge in [-0.3, -0.25) is 0 Å². The molecule has 0 unspecified atom stereocenters. The van der Waals surface area contributed by atoms with Gasteiger partial charge in [-0.25, -0.2) is 8.78 Å². The summed E-state index contributed by atoms with van der Waals surface area (Å²) in [5.41, 5.74) is 0.742. The van der Waals surface area contributed by atoms with Gasteiger partial charge in [-0.2, -0.15) is 8.78 Å². The Morgan fingerprint density at radius 3 is 1.90 bits per heavy atom. The zero-order valence-electron chi connectivity index (χ0n) is 17.4. The van der Waals surface area contributed by atoms with Crippen molar-refractivity contribution in [1.29, 1.82) is 0 Å². The fourth-order valence-electron chi connectivity index (χ4n) is 4.28. The summed E-state index contributed by atoms with van der Waals surface area (Å²) in [5, 5.41) is 0. The molecule has 0 N–H and O–H groups in total. The minimum atomic E-state index is -0.939. The van der Waals surface area contributed by atoms with Gasteiger partial charge in [0.05, 0.1) is 13.2 Å². The van der Waals surface area contributed by atoms with Gasteiger partial charge in [-0.1, -0.05) is 12.1 Å². The summed E-state index contributed by atoms with van der Waals surface area (Å²) >= 11 is 0. The van der Waals surface area contributed by atoms with Gasteiger partial charge in [0.15, 0.2) is 23.1 Å². The van der Waals surface area contributed by atoms with Gasteiger partial charge >= 0.3 is 0 Å². The molecular weight excluding hydrogens is 396 g/mol. The van der Waals surface area contributed by atoms with Gasteiger partial charge in [0.2, 0.25) is 11.6 Å². The summed E-state index contributed by atoms with van der Waals surface area (Å²) in [6.45, 7) is 3.99. The van der Waals surface area contributed by atoms with Crippen LogP contribution in [0.3, 0.4) is 0 Å². The third-order valence-corrected chi connectivity index (χ3v) is 5.91. The van der Waals surface area contributed by atoms with Crippen LogP contribution < -0.4 is 9.47 Å². The number of halogens is 4. The number of benzene rings is 2. The van der Waals surface area contributed by atoms with Crippen LogP contribution in [0.5, 0.6) is 11.5 Å². The van der Waals surface area contributed by atoms with E-state index in [0.29, 0.717) is 23.5 Å². The highest BCUT2D eigenvalue weighted by Crippen LogP contribution is 2.40. The first-order valence-corrected chi connectivity index (χ1v) is 10.7. The fraction of sp³-hybridized carbons (Fsp3) is 0.500. The molecule has 0 amide bonds. The third kappa shape index (κ3) is 4.90. The van der Waals surface area contributed by atoms with E-state index in [4.69, 9.17) is 9.47 Å². The third-order valence-electron chi connectivity index (χ3n) is 5.91. The van der Waals surface area contributed by atoms with Crippen LogP contribution in [0, 0.1) is 29.2 Å². The summed E-state index contributed by atoms with van der Waals surface area (Å²) < 4.78 is 67.1. The lowest BCUT2D eigenvalue weighted by Crippen LogP contribution is -2.16. The van der Waals surface area contributed by atoms with E-state index < -0.39 is 23.3 Å². The minimum absolute atomic E-state index is 0.0360. The van der Waals surface area contributed by atoms with Crippen LogP contribution in [0.4, 0.5) is 17.6 Å². The SMILES string of the molecule is CCOc1ccc(CC[C@H]2CC[C@H](c3ccc(OCC)c(F)c3F)CC2)c(F)c1F. The maximum atomic E-state index is 14.5. The molecule has 1 fully saturated rings. The summed E-state index contributed by atoms with van der Waals surface area (Å²) in [5.74, 6) is -3.34. The maximum Gasteiger partial charge on any atom is 0.200 e. The van der Waals surface area contributed by atoms with Crippen molar-refractivity contribution in [3.63, 3.8) is 0 Å². The second-order valence-corrected chi connectivity index (χ2v) is 7.75. The maximum absolute atomic E-state index is 14.5. The topological polar surface area (TPSA) is 18.5 Å². The molecule has 0 heterocycles. The number of hydrogen-bond acceptors (Lipinski definition) is 2. The van der Waals surface area contributed by atoms with E-state index in [2.05, 4.69) is 0 Å². The zero-order valence-corrected chi connectivity index (χ0v) is 17.4. The van der Waals surface area contributed by atoms with Gasteiger partial charge in [-0.15, -0.1) is 0 Å². The fourth-order valence-corrected chi connectivity index (χ4v) is 4.28. The first kappa shape index (κ1) is 22.4. The Labute approximate surface area is 175 Å². The number of ether oxygens (including phenoxy) is 2. The second kappa shape index (κ2) is 10.2. The molecule has 164 valence electrons. The summed E-state index contributed by atoms with van der Waals surface area (Å²) in [6.07, 6.45) is 4.36. The molecule has 0 atom stereocenters. The Kier molecular flexibility index (Phi) is 7.62. The number of rotatable bonds is 8. The van der Waals surface area contributed by atoms with E-state index in [1.54, 1.807) is 26.0 Å². The molecule has 0 aromatic heterocycles. The van der Waals surface area contributed by atoms with Crippen molar-refractivity contribution >= 4 is 0 Å². The molecule has 30 heavy (non-hydrogen) atoms. The molecular formula is C24H28F4O2. The first-order chi connectivity index (χ1) is 14.5. The van der Waals surface area contributed by atoms with Crippen LogP contribution in [0.2, 0.25) is 0 Å². The molecule has 0 aliphatic heterocycles. The van der Waals surface area contributed by atoms with E-state index in [1.165, 1.54) is 12.1 Å². The highest BCUT2D eigenvalue weighted by atomic mass is 19.2. The predicted octanol–water partition coefficient (Wildman–Crippen LogP) is 6.95. The number of hydrogen-bond donors (Lipinski definition) is 0. The van der Waals surface area contributed by atoms with Crippen molar-refractivity contribution in [3.05, 3.63) is 58.7 Å². The molecule has 0 radical (unpaired) electrons. The quantitative estimate of drug-likeness (QED) is 0.427. The Hall–Kier alpha value is -2.24. The van der Waals surface area contributed by atoms with Crippen molar-refractivity contribution in [2.45, 2.75) is 58.3 Å². The molecule has 2 aromatic carbocycles. The van der Waals surface area contributed by atoms with Crippen LogP contribution in [0.15, 0.2) is 24.3 Å². The second-order valence-electron chi connectivity index (χ2n) is 7.75. The Bertz CT molecular complexity index is 861. The Morgan fingerprint density at radius 2 is 1.30 bits per heavy atom. The highest BCUT2D eigenvalue weighted by molar-refractivity contribution is 5.33. The molecule has 2 aromatic rings. The van der Waals surface area contributed by atoms with Crippen LogP contribution >= 0.6 is 0 Å². The van der Waals surface area contributed by atoms with Crippen LogP contribution in [0.1, 0.15) is 63.0 Å². The lowest BCUT2D eigenvalue weighted by atomic mass is 9.76. The van der Waals surface area contributed by atoms with Gasteiger partial charge in [0.25, 0.3) is 0 Å². The van der Waals surface area contributed by atoms with Crippen molar-refractivity contribution in [2.75, 3.05) is 13.2 Å². The van der Waals surface area contributed by atoms with E-state index in [1.807, 2.05) is 0 Å². The highest BCUT2D eigenvalue weighted by Gasteiger charge is 2.27. The van der Waals surface area contributed by atoms with Crippen LogP contribution in [-0.2, 0) is 6.42 Å². The molecule has 6 heteroatoms. The van der Waals surface area contributed by atoms with Crippen molar-refractivity contribution in [3.8, 4) is 11.5 Å². The standard InChI is InChI=1S/C24H28F4O2/c1-3-29-19-13-11-17(21(25)23(19)27)10-7-15-5-8-16(9-6-15)18-12-14-20(30-4-2)24(28)22(18)26/h11-16H,3-10H2,1-2H3/t15-,16-. The van der Waals surface area contributed by atoms with E-state index in [9.17, 15) is 17.6 Å². The average molecular weight is 424 g/mol. The smallest absolute Gasteiger partial charge is 0.200 e. The summed E-state index contributed by atoms with van der Waals surface area (Å²) in [4.78, 5) is 0. The molecule has 1 saturated carbocycles. The van der Waals surface area contributed by atoms with E-state index >= 15 is 0 Å². The van der Waals surface area contributed by atoms with Crippen molar-refractivity contribution in [2.24, 2.45) is 5.92 Å². The summed E-state index contributed by atoms with van der Waals surface area (Å²) in [6, 6.07) is 6.16. The van der Waals surface area contributed by atoms with E-state index in [-0.39, 0.29) is 30.6 Å². The molecule has 0 saturated heterocycles. The van der Waals surface area contributed by atoms with E-state index in [0.717, 1.165) is 32.1 Å². The monoisotopic (exact) mass is 424 g/mol. The van der Waals surface area contributed by atoms with Crippen molar-refractivity contribution in [1.82, 2.24) is 0 Å². The number of aryl methyl sites for hydroxylation is 1. The van der Waals surface area contributed by atoms with Gasteiger partial charge < -0.3 is 9.47 Å². The molecule has 0 spiro atoms. The molecule has 0 bridgehead atoms. The molecule has 1 aliphatic rings. The summed E-state index contributed by atoms with van der Waals surface area (Å²) in [7, 11) is 0. The van der Waals surface area contributed by atoms with Gasteiger partial charge in [-0.05, 0) is 87.5 Å². The average Bonchev–Trinajstić information content (AvgIpc) is 2.75. The van der Waals surface area contributed by atoms with Crippen LogP contribution in [-0.4, -0.2) is 13.2 Å². The molecule has 2 nitrogen and oxygen atoms in total. The van der Waals surface area contributed by atoms with Crippen molar-refractivity contribution < 1.29 is 27.0 Å². The largest absolute Gasteiger partial charge is 0.491 e. The minimum Gasteiger partial charge on any atom is -0.491 e. The van der Waals surface area contributed by atoms with Crippen LogP contribution in [0.25, 0.3) is 0 Å². The predicted molar refractivity (Wildman–Crippen MR) is 108 cm³/mol. The Balaban J connectivity index is 1.57. The van der Waals surface area contributed by atoms with Gasteiger partial charge in [0, 0.05) is 0 Å². The lowest BCUT2D eigenvalue weighted by Gasteiger charge is -2.29.